The molecule has 1 heterocycles. The second kappa shape index (κ2) is 4.56. The molecule has 0 aliphatic carbocycles. The highest BCUT2D eigenvalue weighted by molar-refractivity contribution is 5.52. The Hall–Kier alpha value is -1.64. The van der Waals surface area contributed by atoms with Crippen LogP contribution >= 0.6 is 0 Å². The van der Waals surface area contributed by atoms with Gasteiger partial charge >= 0.3 is 0 Å². The van der Waals surface area contributed by atoms with Crippen molar-refractivity contribution in [1.29, 1.82) is 0 Å². The number of fused-ring (bicyclic) bond motifs is 1. The molecule has 0 unspecified atom stereocenters. The summed E-state index contributed by atoms with van der Waals surface area (Å²) in [6, 6.07) is 3.88. The zero-order valence-electron chi connectivity index (χ0n) is 11.5. The lowest BCUT2D eigenvalue weighted by molar-refractivity contribution is 0.0841. The van der Waals surface area contributed by atoms with Gasteiger partial charge in [-0.2, -0.15) is 0 Å². The van der Waals surface area contributed by atoms with E-state index in [0.29, 0.717) is 17.3 Å². The molecule has 0 aromatic heterocycles. The van der Waals surface area contributed by atoms with E-state index in [1.807, 2.05) is 19.1 Å². The van der Waals surface area contributed by atoms with Gasteiger partial charge in [0.2, 0.25) is 0 Å². The SMILES string of the molecule is C=C(C)Oc1cc2c(cc1OC)OC(C)(C)CC2. The first-order chi connectivity index (χ1) is 8.41. The van der Waals surface area contributed by atoms with Crippen LogP contribution in [0.1, 0.15) is 32.8 Å². The predicted octanol–water partition coefficient (Wildman–Crippen LogP) is 3.71. The van der Waals surface area contributed by atoms with E-state index in [-0.39, 0.29) is 5.60 Å². The fourth-order valence-corrected chi connectivity index (χ4v) is 2.09. The van der Waals surface area contributed by atoms with Gasteiger partial charge in [0.05, 0.1) is 12.9 Å². The molecule has 1 aromatic carbocycles. The summed E-state index contributed by atoms with van der Waals surface area (Å²) in [7, 11) is 1.63. The van der Waals surface area contributed by atoms with Gasteiger partial charge in [-0.25, -0.2) is 0 Å². The molecule has 2 rings (SSSR count). The molecule has 18 heavy (non-hydrogen) atoms. The van der Waals surface area contributed by atoms with Crippen LogP contribution in [0.25, 0.3) is 0 Å². The fraction of sp³-hybridized carbons (Fsp3) is 0.467. The maximum Gasteiger partial charge on any atom is 0.169 e. The van der Waals surface area contributed by atoms with Crippen LogP contribution in [0.5, 0.6) is 17.2 Å². The zero-order chi connectivity index (χ0) is 13.3. The smallest absolute Gasteiger partial charge is 0.169 e. The highest BCUT2D eigenvalue weighted by atomic mass is 16.5. The number of rotatable bonds is 3. The topological polar surface area (TPSA) is 27.7 Å². The summed E-state index contributed by atoms with van der Waals surface area (Å²) in [5.41, 5.74) is 1.04. The summed E-state index contributed by atoms with van der Waals surface area (Å²) in [6.07, 6.45) is 1.98. The van der Waals surface area contributed by atoms with Gasteiger partial charge in [0.15, 0.2) is 11.5 Å². The van der Waals surface area contributed by atoms with E-state index in [1.54, 1.807) is 7.11 Å². The van der Waals surface area contributed by atoms with Crippen LogP contribution in [0.3, 0.4) is 0 Å². The van der Waals surface area contributed by atoms with E-state index in [1.165, 1.54) is 0 Å². The standard InChI is InChI=1S/C15H20O3/c1-10(2)17-14-8-11-6-7-15(3,4)18-12(11)9-13(14)16-5/h8-9H,1,6-7H2,2-5H3. The third kappa shape index (κ3) is 2.61. The number of benzene rings is 1. The summed E-state index contributed by atoms with van der Waals surface area (Å²) < 4.78 is 16.9. The number of ether oxygens (including phenoxy) is 3. The lowest BCUT2D eigenvalue weighted by atomic mass is 9.94. The Labute approximate surface area is 108 Å². The van der Waals surface area contributed by atoms with Crippen molar-refractivity contribution < 1.29 is 14.2 Å². The van der Waals surface area contributed by atoms with E-state index in [0.717, 1.165) is 24.2 Å². The second-order valence-corrected chi connectivity index (χ2v) is 5.28. The van der Waals surface area contributed by atoms with E-state index in [9.17, 15) is 0 Å². The lowest BCUT2D eigenvalue weighted by Crippen LogP contribution is -2.32. The average molecular weight is 248 g/mol. The van der Waals surface area contributed by atoms with Crippen molar-refractivity contribution in [3.63, 3.8) is 0 Å². The maximum absolute atomic E-state index is 5.96. The number of methoxy groups -OCH3 is 1. The molecule has 0 N–H and O–H groups in total. The molecule has 1 aliphatic rings. The van der Waals surface area contributed by atoms with Crippen LogP contribution in [-0.4, -0.2) is 12.7 Å². The van der Waals surface area contributed by atoms with Crippen molar-refractivity contribution in [2.75, 3.05) is 7.11 Å². The molecule has 1 aromatic rings. The van der Waals surface area contributed by atoms with Crippen molar-refractivity contribution in [2.45, 2.75) is 39.2 Å². The molecular formula is C15H20O3. The van der Waals surface area contributed by atoms with Crippen molar-refractivity contribution in [2.24, 2.45) is 0 Å². The molecule has 0 saturated carbocycles. The normalized spacial score (nSPS) is 16.4. The molecule has 0 spiro atoms. The van der Waals surface area contributed by atoms with Gasteiger partial charge in [0.25, 0.3) is 0 Å². The minimum Gasteiger partial charge on any atom is -0.493 e. The van der Waals surface area contributed by atoms with Crippen molar-refractivity contribution >= 4 is 0 Å². The number of hydrogen-bond donors (Lipinski definition) is 0. The molecule has 0 bridgehead atoms. The molecule has 1 aliphatic heterocycles. The Kier molecular flexibility index (Phi) is 3.24. The summed E-state index contributed by atoms with van der Waals surface area (Å²) in [4.78, 5) is 0. The number of allylic oxidation sites excluding steroid dienone is 1. The third-order valence-corrected chi connectivity index (χ3v) is 3.01. The Morgan fingerprint density at radius 2 is 2.06 bits per heavy atom. The molecule has 98 valence electrons. The molecule has 3 heteroatoms. The molecule has 3 nitrogen and oxygen atoms in total. The van der Waals surface area contributed by atoms with Gasteiger partial charge in [-0.15, -0.1) is 0 Å². The highest BCUT2D eigenvalue weighted by Crippen LogP contribution is 2.41. The lowest BCUT2D eigenvalue weighted by Gasteiger charge is -2.33. The summed E-state index contributed by atoms with van der Waals surface area (Å²) in [5, 5.41) is 0. The first-order valence-electron chi connectivity index (χ1n) is 6.14. The van der Waals surface area contributed by atoms with Crippen LogP contribution < -0.4 is 14.2 Å². The molecule has 0 atom stereocenters. The Morgan fingerprint density at radius 3 is 2.67 bits per heavy atom. The molecular weight excluding hydrogens is 228 g/mol. The zero-order valence-corrected chi connectivity index (χ0v) is 11.5. The Morgan fingerprint density at radius 1 is 1.33 bits per heavy atom. The van der Waals surface area contributed by atoms with E-state index in [4.69, 9.17) is 14.2 Å². The van der Waals surface area contributed by atoms with Gasteiger partial charge in [0.1, 0.15) is 11.4 Å². The molecule has 0 amide bonds. The van der Waals surface area contributed by atoms with Crippen LogP contribution in [0.4, 0.5) is 0 Å². The van der Waals surface area contributed by atoms with Crippen molar-refractivity contribution in [3.05, 3.63) is 30.0 Å². The minimum atomic E-state index is -0.116. The Balaban J connectivity index is 2.39. The quantitative estimate of drug-likeness (QED) is 0.763. The summed E-state index contributed by atoms with van der Waals surface area (Å²) in [5.74, 6) is 2.91. The van der Waals surface area contributed by atoms with Gasteiger partial charge < -0.3 is 14.2 Å². The third-order valence-electron chi connectivity index (χ3n) is 3.01. The highest BCUT2D eigenvalue weighted by Gasteiger charge is 2.28. The monoisotopic (exact) mass is 248 g/mol. The Bertz CT molecular complexity index is 475. The number of aryl methyl sites for hydroxylation is 1. The van der Waals surface area contributed by atoms with Crippen molar-refractivity contribution in [1.82, 2.24) is 0 Å². The van der Waals surface area contributed by atoms with Crippen LogP contribution in [0, 0.1) is 0 Å². The first kappa shape index (κ1) is 12.8. The molecule has 0 radical (unpaired) electrons. The summed E-state index contributed by atoms with van der Waals surface area (Å²) >= 11 is 0. The maximum atomic E-state index is 5.96. The van der Waals surface area contributed by atoms with E-state index in [2.05, 4.69) is 20.4 Å². The molecule has 0 saturated heterocycles. The van der Waals surface area contributed by atoms with E-state index >= 15 is 0 Å². The van der Waals surface area contributed by atoms with Crippen LogP contribution in [0.2, 0.25) is 0 Å². The van der Waals surface area contributed by atoms with Crippen LogP contribution in [0.15, 0.2) is 24.5 Å². The largest absolute Gasteiger partial charge is 0.493 e. The fourth-order valence-electron chi connectivity index (χ4n) is 2.09. The molecule has 0 fully saturated rings. The van der Waals surface area contributed by atoms with Gasteiger partial charge in [-0.3, -0.25) is 0 Å². The van der Waals surface area contributed by atoms with Gasteiger partial charge in [0, 0.05) is 6.07 Å². The van der Waals surface area contributed by atoms with Crippen LogP contribution in [-0.2, 0) is 6.42 Å². The van der Waals surface area contributed by atoms with E-state index < -0.39 is 0 Å². The predicted molar refractivity (Wildman–Crippen MR) is 71.5 cm³/mol. The van der Waals surface area contributed by atoms with Crippen molar-refractivity contribution in [3.8, 4) is 17.2 Å². The average Bonchev–Trinajstić information content (AvgIpc) is 2.27. The van der Waals surface area contributed by atoms with Gasteiger partial charge in [-0.1, -0.05) is 6.58 Å². The second-order valence-electron chi connectivity index (χ2n) is 5.28. The van der Waals surface area contributed by atoms with Gasteiger partial charge in [-0.05, 0) is 45.2 Å². The summed E-state index contributed by atoms with van der Waals surface area (Å²) in [6.45, 7) is 9.77. The minimum absolute atomic E-state index is 0.116. The first-order valence-corrected chi connectivity index (χ1v) is 6.14. The number of hydrogen-bond acceptors (Lipinski definition) is 3.